The molecule has 1 aromatic heterocycles. The molecular weight excluding hydrogens is 478 g/mol. The van der Waals surface area contributed by atoms with Gasteiger partial charge in [0.15, 0.2) is 5.82 Å². The molecule has 3 N–H and O–H groups in total. The standard InChI is InChI=1S/C25H29N7O5/c1-14(2)10-20(22(33)26-13-21-28-29-30-31(21)3)27-19(25(36)37)8-9-32-23(34)17-11-15-6-4-5-7-16(15)12-18(17)24(32)35/h4-7,11-12,14,19-20,27H,8-10,13H2,1-3H3,(H,26,33)(H,36,37)/t19?,20-/m1/s1. The van der Waals surface area contributed by atoms with Crippen LogP contribution in [0.2, 0.25) is 0 Å². The van der Waals surface area contributed by atoms with Gasteiger partial charge in [0.1, 0.15) is 6.04 Å². The van der Waals surface area contributed by atoms with E-state index in [1.54, 1.807) is 19.2 Å². The third-order valence-corrected chi connectivity index (χ3v) is 6.33. The number of carbonyl (C=O) groups is 4. The number of aromatic nitrogens is 4. The van der Waals surface area contributed by atoms with Crippen molar-refractivity contribution in [1.82, 2.24) is 35.7 Å². The number of nitrogens with one attached hydrogen (secondary N) is 2. The Bertz CT molecular complexity index is 1300. The van der Waals surface area contributed by atoms with Crippen molar-refractivity contribution in [3.63, 3.8) is 0 Å². The van der Waals surface area contributed by atoms with E-state index in [0.29, 0.717) is 23.4 Å². The van der Waals surface area contributed by atoms with Crippen molar-refractivity contribution in [2.75, 3.05) is 6.54 Å². The molecule has 0 saturated carbocycles. The van der Waals surface area contributed by atoms with E-state index in [9.17, 15) is 24.3 Å². The van der Waals surface area contributed by atoms with E-state index in [1.807, 2.05) is 38.1 Å². The van der Waals surface area contributed by atoms with Crippen LogP contribution in [-0.4, -0.2) is 72.5 Å². The highest BCUT2D eigenvalue weighted by molar-refractivity contribution is 6.23. The molecule has 12 nitrogen and oxygen atoms in total. The molecule has 4 rings (SSSR count). The number of carbonyl (C=O) groups excluding carboxylic acids is 3. The average Bonchev–Trinajstić information content (AvgIpc) is 3.37. The van der Waals surface area contributed by atoms with Gasteiger partial charge in [-0.2, -0.15) is 0 Å². The SMILES string of the molecule is CC(C)C[C@@H](NC(CCN1C(=O)c2cc3ccccc3cc2C1=O)C(=O)O)C(=O)NCc1nnnn1C. The number of fused-ring (bicyclic) bond motifs is 2. The molecule has 2 aromatic carbocycles. The maximum atomic E-state index is 13.0. The predicted octanol–water partition coefficient (Wildman–Crippen LogP) is 1.12. The van der Waals surface area contributed by atoms with Gasteiger partial charge in [-0.05, 0) is 52.1 Å². The number of imide groups is 1. The first-order valence-electron chi connectivity index (χ1n) is 12.0. The Labute approximate surface area is 213 Å². The maximum Gasteiger partial charge on any atom is 0.320 e. The van der Waals surface area contributed by atoms with Crippen LogP contribution in [0.5, 0.6) is 0 Å². The van der Waals surface area contributed by atoms with Gasteiger partial charge in [-0.25, -0.2) is 4.68 Å². The number of amides is 3. The lowest BCUT2D eigenvalue weighted by Gasteiger charge is -2.25. The maximum absolute atomic E-state index is 13.0. The van der Waals surface area contributed by atoms with Crippen LogP contribution in [0.1, 0.15) is 53.2 Å². The summed E-state index contributed by atoms with van der Waals surface area (Å²) in [6.45, 7) is 3.83. The van der Waals surface area contributed by atoms with Crippen LogP contribution < -0.4 is 10.6 Å². The van der Waals surface area contributed by atoms with Gasteiger partial charge in [0.25, 0.3) is 11.8 Å². The number of carboxylic acid groups (broad SMARTS) is 1. The lowest BCUT2D eigenvalue weighted by atomic mass is 10.0. The van der Waals surface area contributed by atoms with E-state index in [4.69, 9.17) is 0 Å². The first-order chi connectivity index (χ1) is 17.7. The smallest absolute Gasteiger partial charge is 0.320 e. The topological polar surface area (TPSA) is 159 Å². The van der Waals surface area contributed by atoms with Crippen molar-refractivity contribution in [3.8, 4) is 0 Å². The highest BCUT2D eigenvalue weighted by Crippen LogP contribution is 2.28. The summed E-state index contributed by atoms with van der Waals surface area (Å²) in [4.78, 5) is 52.0. The van der Waals surface area contributed by atoms with Gasteiger partial charge in [0, 0.05) is 13.6 Å². The van der Waals surface area contributed by atoms with Gasteiger partial charge in [-0.3, -0.25) is 29.4 Å². The molecular formula is C25H29N7O5. The zero-order valence-electron chi connectivity index (χ0n) is 20.8. The van der Waals surface area contributed by atoms with Crippen LogP contribution in [0, 0.1) is 5.92 Å². The van der Waals surface area contributed by atoms with Crippen molar-refractivity contribution >= 4 is 34.5 Å². The highest BCUT2D eigenvalue weighted by atomic mass is 16.4. The van der Waals surface area contributed by atoms with Gasteiger partial charge in [0.2, 0.25) is 5.91 Å². The first kappa shape index (κ1) is 25.9. The van der Waals surface area contributed by atoms with Crippen LogP contribution >= 0.6 is 0 Å². The summed E-state index contributed by atoms with van der Waals surface area (Å²) in [5.41, 5.74) is 0.609. The molecule has 3 amide bonds. The molecule has 0 radical (unpaired) electrons. The minimum atomic E-state index is -1.18. The number of hydrogen-bond acceptors (Lipinski definition) is 8. The largest absolute Gasteiger partial charge is 0.480 e. The summed E-state index contributed by atoms with van der Waals surface area (Å²) < 4.78 is 1.43. The van der Waals surface area contributed by atoms with Gasteiger partial charge < -0.3 is 10.4 Å². The Hall–Kier alpha value is -4.19. The van der Waals surface area contributed by atoms with Crippen molar-refractivity contribution in [2.45, 2.75) is 45.3 Å². The zero-order chi connectivity index (χ0) is 26.7. The number of benzene rings is 2. The van der Waals surface area contributed by atoms with E-state index in [2.05, 4.69) is 26.2 Å². The Morgan fingerprint density at radius 3 is 2.16 bits per heavy atom. The monoisotopic (exact) mass is 507 g/mol. The minimum absolute atomic E-state index is 0.0601. The van der Waals surface area contributed by atoms with Crippen molar-refractivity contribution in [1.29, 1.82) is 0 Å². The zero-order valence-corrected chi connectivity index (χ0v) is 20.8. The van der Waals surface area contributed by atoms with Gasteiger partial charge in [-0.1, -0.05) is 38.1 Å². The van der Waals surface area contributed by atoms with Crippen LogP contribution in [0.25, 0.3) is 10.8 Å². The van der Waals surface area contributed by atoms with E-state index in [-0.39, 0.29) is 25.4 Å². The molecule has 1 aliphatic heterocycles. The van der Waals surface area contributed by atoms with Crippen LogP contribution in [0.3, 0.4) is 0 Å². The second-order valence-electron chi connectivity index (χ2n) is 9.47. The minimum Gasteiger partial charge on any atom is -0.480 e. The summed E-state index contributed by atoms with van der Waals surface area (Å²) in [6, 6.07) is 8.84. The number of nitrogens with zero attached hydrogens (tertiary/aromatic N) is 5. The number of carboxylic acids is 1. The van der Waals surface area contributed by atoms with Gasteiger partial charge in [0.05, 0.1) is 23.7 Å². The first-order valence-corrected chi connectivity index (χ1v) is 12.0. The third kappa shape index (κ3) is 5.64. The summed E-state index contributed by atoms with van der Waals surface area (Å²) in [5.74, 6) is -1.94. The van der Waals surface area contributed by atoms with Gasteiger partial charge in [-0.15, -0.1) is 5.10 Å². The van der Waals surface area contributed by atoms with Crippen molar-refractivity contribution in [3.05, 3.63) is 53.3 Å². The highest BCUT2D eigenvalue weighted by Gasteiger charge is 2.37. The quantitative estimate of drug-likeness (QED) is 0.323. The lowest BCUT2D eigenvalue weighted by Crippen LogP contribution is -2.52. The molecule has 0 fully saturated rings. The molecule has 0 saturated heterocycles. The predicted molar refractivity (Wildman–Crippen MR) is 132 cm³/mol. The van der Waals surface area contributed by atoms with Crippen molar-refractivity contribution in [2.24, 2.45) is 13.0 Å². The second-order valence-corrected chi connectivity index (χ2v) is 9.47. The summed E-state index contributed by atoms with van der Waals surface area (Å²) in [7, 11) is 1.65. The van der Waals surface area contributed by atoms with Crippen molar-refractivity contribution < 1.29 is 24.3 Å². The number of aryl methyl sites for hydroxylation is 1. The van der Waals surface area contributed by atoms with Crippen LogP contribution in [0.15, 0.2) is 36.4 Å². The Morgan fingerprint density at radius 1 is 1.03 bits per heavy atom. The molecule has 0 spiro atoms. The summed E-state index contributed by atoms with van der Waals surface area (Å²) in [6.07, 6.45) is 0.321. The number of hydrogen-bond donors (Lipinski definition) is 3. The summed E-state index contributed by atoms with van der Waals surface area (Å²) >= 11 is 0. The van der Waals surface area contributed by atoms with Gasteiger partial charge >= 0.3 is 5.97 Å². The lowest BCUT2D eigenvalue weighted by molar-refractivity contribution is -0.140. The molecule has 0 aliphatic carbocycles. The Balaban J connectivity index is 1.44. The molecule has 0 bridgehead atoms. The Morgan fingerprint density at radius 2 is 1.65 bits per heavy atom. The number of tetrazole rings is 1. The fourth-order valence-corrected chi connectivity index (χ4v) is 4.37. The number of aliphatic carboxylic acids is 1. The molecule has 2 heterocycles. The normalized spacial score (nSPS) is 14.8. The van der Waals surface area contributed by atoms with Crippen LogP contribution in [-0.2, 0) is 23.2 Å². The molecule has 1 aliphatic rings. The van der Waals surface area contributed by atoms with E-state index >= 15 is 0 Å². The average molecular weight is 508 g/mol. The molecule has 194 valence electrons. The van der Waals surface area contributed by atoms with E-state index in [1.165, 1.54) is 4.68 Å². The molecule has 2 atom stereocenters. The van der Waals surface area contributed by atoms with Crippen LogP contribution in [0.4, 0.5) is 0 Å². The molecule has 37 heavy (non-hydrogen) atoms. The fraction of sp³-hybridized carbons (Fsp3) is 0.400. The molecule has 1 unspecified atom stereocenters. The van der Waals surface area contributed by atoms with E-state index in [0.717, 1.165) is 15.7 Å². The summed E-state index contributed by atoms with van der Waals surface area (Å²) in [5, 5.41) is 28.2. The molecule has 12 heteroatoms. The second kappa shape index (κ2) is 10.8. The van der Waals surface area contributed by atoms with E-state index < -0.39 is 35.8 Å². The number of rotatable bonds is 11. The fourth-order valence-electron chi connectivity index (χ4n) is 4.37. The molecule has 3 aromatic rings. The third-order valence-electron chi connectivity index (χ3n) is 6.33. The Kier molecular flexibility index (Phi) is 7.58.